The summed E-state index contributed by atoms with van der Waals surface area (Å²) in [5, 5.41) is 16.5. The second-order valence-electron chi connectivity index (χ2n) is 3.78. The Morgan fingerprint density at radius 3 is 2.61 bits per heavy atom. The fraction of sp³-hybridized carbons (Fsp3) is 0. The summed E-state index contributed by atoms with van der Waals surface area (Å²) in [5.74, 6) is -0.400. The van der Waals surface area contributed by atoms with Crippen molar-refractivity contribution in [2.45, 2.75) is 0 Å². The molecule has 3 rings (SSSR count). The van der Waals surface area contributed by atoms with Crippen LogP contribution in [0.25, 0.3) is 16.5 Å². The lowest BCUT2D eigenvalue weighted by molar-refractivity contribution is -0.394. The number of nitro groups is 1. The SMILES string of the molecule is O=[N+]([O-])c1ncn(-c2ccc3ccccc3c2)n1. The molecule has 0 unspecified atom stereocenters. The molecule has 0 fully saturated rings. The Labute approximate surface area is 102 Å². The maximum atomic E-state index is 10.5. The zero-order valence-electron chi connectivity index (χ0n) is 9.22. The zero-order valence-corrected chi connectivity index (χ0v) is 9.22. The van der Waals surface area contributed by atoms with Gasteiger partial charge in [-0.05, 0) is 27.8 Å². The number of rotatable bonds is 2. The van der Waals surface area contributed by atoms with Gasteiger partial charge in [-0.2, -0.15) is 0 Å². The van der Waals surface area contributed by atoms with E-state index in [-0.39, 0.29) is 0 Å². The van der Waals surface area contributed by atoms with Gasteiger partial charge in [0.2, 0.25) is 6.33 Å². The topological polar surface area (TPSA) is 73.8 Å². The molecule has 2 aromatic carbocycles. The summed E-state index contributed by atoms with van der Waals surface area (Å²) < 4.78 is 1.39. The van der Waals surface area contributed by atoms with Crippen molar-refractivity contribution in [1.29, 1.82) is 0 Å². The lowest BCUT2D eigenvalue weighted by Gasteiger charge is -2.00. The van der Waals surface area contributed by atoms with Crippen molar-refractivity contribution in [2.24, 2.45) is 0 Å². The molecule has 0 spiro atoms. The Morgan fingerprint density at radius 2 is 1.89 bits per heavy atom. The third-order valence-corrected chi connectivity index (χ3v) is 2.64. The van der Waals surface area contributed by atoms with Crippen LogP contribution in [0, 0.1) is 10.1 Å². The summed E-state index contributed by atoms with van der Waals surface area (Å²) in [6, 6.07) is 13.6. The average Bonchev–Trinajstić information content (AvgIpc) is 2.88. The molecule has 0 saturated heterocycles. The first-order valence-electron chi connectivity index (χ1n) is 5.29. The Hall–Kier alpha value is -2.76. The van der Waals surface area contributed by atoms with E-state index in [1.807, 2.05) is 42.5 Å². The average molecular weight is 240 g/mol. The summed E-state index contributed by atoms with van der Waals surface area (Å²) in [6.07, 6.45) is 1.34. The third-order valence-electron chi connectivity index (χ3n) is 2.64. The Kier molecular flexibility index (Phi) is 2.26. The van der Waals surface area contributed by atoms with Gasteiger partial charge in [-0.1, -0.05) is 35.3 Å². The van der Waals surface area contributed by atoms with E-state index in [4.69, 9.17) is 0 Å². The van der Waals surface area contributed by atoms with Gasteiger partial charge >= 0.3 is 5.95 Å². The molecule has 88 valence electrons. The van der Waals surface area contributed by atoms with Crippen molar-refractivity contribution in [1.82, 2.24) is 14.8 Å². The molecule has 18 heavy (non-hydrogen) atoms. The van der Waals surface area contributed by atoms with Crippen molar-refractivity contribution in [3.63, 3.8) is 0 Å². The summed E-state index contributed by atoms with van der Waals surface area (Å²) in [4.78, 5) is 13.5. The molecule has 1 heterocycles. The highest BCUT2D eigenvalue weighted by molar-refractivity contribution is 5.84. The number of fused-ring (bicyclic) bond motifs is 1. The summed E-state index contributed by atoms with van der Waals surface area (Å²) in [7, 11) is 0. The van der Waals surface area contributed by atoms with Crippen molar-refractivity contribution >= 4 is 16.7 Å². The molecule has 0 atom stereocenters. The van der Waals surface area contributed by atoms with E-state index < -0.39 is 10.9 Å². The molecule has 0 aliphatic heterocycles. The largest absolute Gasteiger partial charge is 0.491 e. The van der Waals surface area contributed by atoms with E-state index in [1.54, 1.807) is 0 Å². The first kappa shape index (κ1) is 10.4. The number of hydrogen-bond acceptors (Lipinski definition) is 4. The number of aromatic nitrogens is 3. The summed E-state index contributed by atoms with van der Waals surface area (Å²) >= 11 is 0. The molecule has 1 aromatic heterocycles. The maximum Gasteiger partial charge on any atom is 0.491 e. The van der Waals surface area contributed by atoms with E-state index in [0.717, 1.165) is 16.5 Å². The van der Waals surface area contributed by atoms with Crippen LogP contribution in [0.1, 0.15) is 0 Å². The molecule has 0 N–H and O–H groups in total. The summed E-state index contributed by atoms with van der Waals surface area (Å²) in [6.45, 7) is 0. The van der Waals surface area contributed by atoms with Crippen LogP contribution in [0.15, 0.2) is 48.8 Å². The molecule has 0 radical (unpaired) electrons. The smallest absolute Gasteiger partial charge is 0.390 e. The number of benzene rings is 2. The molecule has 3 aromatic rings. The molecular formula is C12H8N4O2. The molecule has 0 saturated carbocycles. The first-order chi connectivity index (χ1) is 8.74. The molecular weight excluding hydrogens is 232 g/mol. The summed E-state index contributed by atoms with van der Waals surface area (Å²) in [5.41, 5.74) is 0.745. The van der Waals surface area contributed by atoms with Crippen molar-refractivity contribution < 1.29 is 4.92 Å². The van der Waals surface area contributed by atoms with Gasteiger partial charge in [-0.25, -0.2) is 0 Å². The number of nitrogens with zero attached hydrogens (tertiary/aromatic N) is 4. The second-order valence-corrected chi connectivity index (χ2v) is 3.78. The van der Waals surface area contributed by atoms with Crippen LogP contribution in [-0.2, 0) is 0 Å². The molecule has 0 aliphatic carbocycles. The van der Waals surface area contributed by atoms with Crippen LogP contribution in [0.5, 0.6) is 0 Å². The van der Waals surface area contributed by atoms with Gasteiger partial charge in [0.15, 0.2) is 0 Å². The maximum absolute atomic E-state index is 10.5. The fourth-order valence-corrected chi connectivity index (χ4v) is 1.78. The first-order valence-corrected chi connectivity index (χ1v) is 5.29. The van der Waals surface area contributed by atoms with Gasteiger partial charge in [0.1, 0.15) is 0 Å². The minimum atomic E-state index is -0.614. The van der Waals surface area contributed by atoms with Gasteiger partial charge in [0.05, 0.1) is 5.69 Å². The van der Waals surface area contributed by atoms with E-state index >= 15 is 0 Å². The van der Waals surface area contributed by atoms with Crippen LogP contribution in [0.2, 0.25) is 0 Å². The van der Waals surface area contributed by atoms with Crippen LogP contribution < -0.4 is 0 Å². The lowest BCUT2D eigenvalue weighted by atomic mass is 10.1. The van der Waals surface area contributed by atoms with Crippen LogP contribution in [-0.4, -0.2) is 19.7 Å². The van der Waals surface area contributed by atoms with E-state index in [0.29, 0.717) is 0 Å². The van der Waals surface area contributed by atoms with Gasteiger partial charge in [0.25, 0.3) is 0 Å². The van der Waals surface area contributed by atoms with E-state index in [9.17, 15) is 10.1 Å². The highest BCUT2D eigenvalue weighted by Gasteiger charge is 2.14. The monoisotopic (exact) mass is 240 g/mol. The Bertz CT molecular complexity index is 736. The lowest BCUT2D eigenvalue weighted by Crippen LogP contribution is -1.96. The van der Waals surface area contributed by atoms with E-state index in [2.05, 4.69) is 10.1 Å². The molecule has 6 heteroatoms. The minimum absolute atomic E-state index is 0.400. The molecule has 0 bridgehead atoms. The molecule has 0 aliphatic rings. The van der Waals surface area contributed by atoms with E-state index in [1.165, 1.54) is 11.0 Å². The quantitative estimate of drug-likeness (QED) is 0.509. The molecule has 0 amide bonds. The van der Waals surface area contributed by atoms with Gasteiger partial charge in [0, 0.05) is 5.10 Å². The van der Waals surface area contributed by atoms with Crippen molar-refractivity contribution in [2.75, 3.05) is 0 Å². The van der Waals surface area contributed by atoms with Crippen LogP contribution >= 0.6 is 0 Å². The van der Waals surface area contributed by atoms with Crippen molar-refractivity contribution in [3.05, 3.63) is 58.9 Å². The third kappa shape index (κ3) is 1.69. The van der Waals surface area contributed by atoms with Crippen LogP contribution in [0.4, 0.5) is 5.95 Å². The minimum Gasteiger partial charge on any atom is -0.390 e. The highest BCUT2D eigenvalue weighted by Crippen LogP contribution is 2.18. The van der Waals surface area contributed by atoms with Gasteiger partial charge in [-0.3, -0.25) is 0 Å². The predicted molar refractivity (Wildman–Crippen MR) is 65.5 cm³/mol. The Balaban J connectivity index is 2.10. The zero-order chi connectivity index (χ0) is 12.5. The van der Waals surface area contributed by atoms with Gasteiger partial charge < -0.3 is 10.1 Å². The van der Waals surface area contributed by atoms with Gasteiger partial charge in [-0.15, -0.1) is 4.68 Å². The van der Waals surface area contributed by atoms with Crippen LogP contribution in [0.3, 0.4) is 0 Å². The standard InChI is InChI=1S/C12H8N4O2/c17-16(18)12-13-8-15(14-12)11-6-5-9-3-1-2-4-10(9)7-11/h1-8H. The Morgan fingerprint density at radius 1 is 1.11 bits per heavy atom. The normalized spacial score (nSPS) is 10.7. The van der Waals surface area contributed by atoms with Crippen molar-refractivity contribution in [3.8, 4) is 5.69 Å². The fourth-order valence-electron chi connectivity index (χ4n) is 1.78. The predicted octanol–water partition coefficient (Wildman–Crippen LogP) is 2.33. The highest BCUT2D eigenvalue weighted by atomic mass is 16.6. The molecule has 6 nitrogen and oxygen atoms in total. The number of hydrogen-bond donors (Lipinski definition) is 0. The second kappa shape index (κ2) is 3.92.